The maximum atomic E-state index is 12.5. The van der Waals surface area contributed by atoms with E-state index >= 15 is 0 Å². The van der Waals surface area contributed by atoms with E-state index < -0.39 is 0 Å². The molecule has 0 saturated carbocycles. The lowest BCUT2D eigenvalue weighted by Gasteiger charge is -2.23. The number of ketones is 1. The Morgan fingerprint density at radius 1 is 1.10 bits per heavy atom. The highest BCUT2D eigenvalue weighted by Crippen LogP contribution is 2.32. The van der Waals surface area contributed by atoms with E-state index in [4.69, 9.17) is 0 Å². The van der Waals surface area contributed by atoms with E-state index in [1.165, 1.54) is 5.56 Å². The number of Topliss-reactive ketones (excluding diaryl/α,β-unsaturated/α-hetero) is 1. The van der Waals surface area contributed by atoms with E-state index in [-0.39, 0.29) is 17.0 Å². The Morgan fingerprint density at radius 3 is 2.19 bits per heavy atom. The standard InChI is InChI=1S/C19H20OS/c1-3-19(21-2)17(15-10-6-4-7-11-15)14-18(20)16-12-8-5-9-13-16/h3-13,17,19H,1,14H2,2H3. The Bertz CT molecular complexity index is 577. The van der Waals surface area contributed by atoms with E-state index in [2.05, 4.69) is 25.0 Å². The van der Waals surface area contributed by atoms with Crippen LogP contribution in [0.1, 0.15) is 28.3 Å². The van der Waals surface area contributed by atoms with Crippen LogP contribution in [0.2, 0.25) is 0 Å². The van der Waals surface area contributed by atoms with Gasteiger partial charge in [-0.2, -0.15) is 11.8 Å². The number of hydrogen-bond acceptors (Lipinski definition) is 2. The second-order valence-corrected chi connectivity index (χ2v) is 5.96. The predicted octanol–water partition coefficient (Wildman–Crippen LogP) is 4.96. The van der Waals surface area contributed by atoms with Crippen molar-refractivity contribution < 1.29 is 4.79 Å². The van der Waals surface area contributed by atoms with E-state index in [1.807, 2.05) is 54.6 Å². The quantitative estimate of drug-likeness (QED) is 0.530. The minimum atomic E-state index is 0.159. The van der Waals surface area contributed by atoms with Gasteiger partial charge in [-0.1, -0.05) is 66.7 Å². The first-order valence-electron chi connectivity index (χ1n) is 7.04. The Morgan fingerprint density at radius 2 is 1.67 bits per heavy atom. The third kappa shape index (κ3) is 4.08. The average molecular weight is 296 g/mol. The molecule has 0 fully saturated rings. The minimum Gasteiger partial charge on any atom is -0.294 e. The van der Waals surface area contributed by atoms with Gasteiger partial charge in [-0.25, -0.2) is 0 Å². The average Bonchev–Trinajstić information content (AvgIpc) is 2.56. The molecule has 0 bridgehead atoms. The fourth-order valence-electron chi connectivity index (χ4n) is 2.49. The SMILES string of the molecule is C=CC(SC)C(CC(=O)c1ccccc1)c1ccccc1. The molecular weight excluding hydrogens is 276 g/mol. The molecule has 0 aliphatic carbocycles. The van der Waals surface area contributed by atoms with Gasteiger partial charge in [0, 0.05) is 23.2 Å². The van der Waals surface area contributed by atoms with Crippen LogP contribution in [0, 0.1) is 0 Å². The molecule has 2 rings (SSSR count). The smallest absolute Gasteiger partial charge is 0.163 e. The van der Waals surface area contributed by atoms with Crippen molar-refractivity contribution >= 4 is 17.5 Å². The van der Waals surface area contributed by atoms with Crippen molar-refractivity contribution in [1.29, 1.82) is 0 Å². The lowest BCUT2D eigenvalue weighted by Crippen LogP contribution is -2.17. The Balaban J connectivity index is 2.24. The van der Waals surface area contributed by atoms with Gasteiger partial charge in [0.1, 0.15) is 0 Å². The summed E-state index contributed by atoms with van der Waals surface area (Å²) in [5.74, 6) is 0.344. The number of carbonyl (C=O) groups is 1. The summed E-state index contributed by atoms with van der Waals surface area (Å²) >= 11 is 1.74. The predicted molar refractivity (Wildman–Crippen MR) is 92.1 cm³/mol. The number of carbonyl (C=O) groups excluding carboxylic acids is 1. The third-order valence-electron chi connectivity index (χ3n) is 3.63. The maximum Gasteiger partial charge on any atom is 0.163 e. The fraction of sp³-hybridized carbons (Fsp3) is 0.211. The number of hydrogen-bond donors (Lipinski definition) is 0. The zero-order valence-electron chi connectivity index (χ0n) is 12.2. The van der Waals surface area contributed by atoms with Crippen molar-refractivity contribution in [2.75, 3.05) is 6.26 Å². The molecule has 2 aromatic carbocycles. The summed E-state index contributed by atoms with van der Waals surface area (Å²) in [6, 6.07) is 19.7. The molecule has 1 nitrogen and oxygen atoms in total. The lowest BCUT2D eigenvalue weighted by molar-refractivity contribution is 0.0974. The molecule has 0 heterocycles. The summed E-state index contributed by atoms with van der Waals surface area (Å²) in [6.45, 7) is 3.93. The van der Waals surface area contributed by atoms with Crippen molar-refractivity contribution in [1.82, 2.24) is 0 Å². The summed E-state index contributed by atoms with van der Waals surface area (Å²) in [6.07, 6.45) is 4.52. The van der Waals surface area contributed by atoms with Gasteiger partial charge in [0.2, 0.25) is 0 Å². The fourth-order valence-corrected chi connectivity index (χ4v) is 3.26. The van der Waals surface area contributed by atoms with Crippen LogP contribution in [0.25, 0.3) is 0 Å². The second kappa shape index (κ2) is 7.84. The van der Waals surface area contributed by atoms with Gasteiger partial charge < -0.3 is 0 Å². The molecular formula is C19H20OS. The molecule has 2 unspecified atom stereocenters. The number of thioether (sulfide) groups is 1. The zero-order valence-corrected chi connectivity index (χ0v) is 13.1. The summed E-state index contributed by atoms with van der Waals surface area (Å²) < 4.78 is 0. The first kappa shape index (κ1) is 15.6. The van der Waals surface area contributed by atoms with Gasteiger partial charge in [0.25, 0.3) is 0 Å². The molecule has 21 heavy (non-hydrogen) atoms. The molecule has 2 heteroatoms. The van der Waals surface area contributed by atoms with Crippen molar-refractivity contribution in [3.05, 3.63) is 84.4 Å². The first-order valence-corrected chi connectivity index (χ1v) is 8.33. The monoisotopic (exact) mass is 296 g/mol. The van der Waals surface area contributed by atoms with Gasteiger partial charge in [0.05, 0.1) is 0 Å². The maximum absolute atomic E-state index is 12.5. The van der Waals surface area contributed by atoms with Crippen LogP contribution in [0.5, 0.6) is 0 Å². The number of benzene rings is 2. The van der Waals surface area contributed by atoms with Crippen LogP contribution in [-0.4, -0.2) is 17.3 Å². The molecule has 0 spiro atoms. The first-order chi connectivity index (χ1) is 10.3. The van der Waals surface area contributed by atoms with Gasteiger partial charge >= 0.3 is 0 Å². The molecule has 0 aliphatic heterocycles. The molecule has 2 atom stereocenters. The van der Waals surface area contributed by atoms with E-state index in [0.717, 1.165) is 5.56 Å². The highest BCUT2D eigenvalue weighted by Gasteiger charge is 2.23. The second-order valence-electron chi connectivity index (χ2n) is 4.95. The molecule has 108 valence electrons. The lowest BCUT2D eigenvalue weighted by atomic mass is 9.88. The van der Waals surface area contributed by atoms with Crippen molar-refractivity contribution in [2.45, 2.75) is 17.6 Å². The topological polar surface area (TPSA) is 17.1 Å². The van der Waals surface area contributed by atoms with Crippen LogP contribution in [0.4, 0.5) is 0 Å². The zero-order chi connectivity index (χ0) is 15.1. The molecule has 0 saturated heterocycles. The van der Waals surface area contributed by atoms with Crippen molar-refractivity contribution in [2.24, 2.45) is 0 Å². The van der Waals surface area contributed by atoms with E-state index in [9.17, 15) is 4.79 Å². The molecule has 2 aromatic rings. The van der Waals surface area contributed by atoms with Crippen molar-refractivity contribution in [3.63, 3.8) is 0 Å². The highest BCUT2D eigenvalue weighted by atomic mass is 32.2. The largest absolute Gasteiger partial charge is 0.294 e. The van der Waals surface area contributed by atoms with Gasteiger partial charge in [-0.05, 0) is 11.8 Å². The highest BCUT2D eigenvalue weighted by molar-refractivity contribution is 7.99. The van der Waals surface area contributed by atoms with Gasteiger partial charge in [-0.3, -0.25) is 4.79 Å². The number of rotatable bonds is 7. The molecule has 0 amide bonds. The third-order valence-corrected chi connectivity index (χ3v) is 4.70. The Hall–Kier alpha value is -1.80. The van der Waals surface area contributed by atoms with Gasteiger partial charge in [-0.15, -0.1) is 6.58 Å². The van der Waals surface area contributed by atoms with E-state index in [0.29, 0.717) is 6.42 Å². The van der Waals surface area contributed by atoms with Crippen LogP contribution < -0.4 is 0 Å². The summed E-state index contributed by atoms with van der Waals surface area (Å²) in [4.78, 5) is 12.5. The molecule has 0 aromatic heterocycles. The summed E-state index contributed by atoms with van der Waals surface area (Å²) in [5, 5.41) is 0.236. The van der Waals surface area contributed by atoms with Crippen LogP contribution in [0.3, 0.4) is 0 Å². The molecule has 0 radical (unpaired) electrons. The molecule has 0 N–H and O–H groups in total. The van der Waals surface area contributed by atoms with Crippen LogP contribution in [-0.2, 0) is 0 Å². The Labute approximate surface area is 131 Å². The molecule has 0 aliphatic rings. The van der Waals surface area contributed by atoms with Crippen LogP contribution >= 0.6 is 11.8 Å². The minimum absolute atomic E-state index is 0.159. The van der Waals surface area contributed by atoms with Crippen molar-refractivity contribution in [3.8, 4) is 0 Å². The summed E-state index contributed by atoms with van der Waals surface area (Å²) in [7, 11) is 0. The van der Waals surface area contributed by atoms with Gasteiger partial charge in [0.15, 0.2) is 5.78 Å². The van der Waals surface area contributed by atoms with Crippen LogP contribution in [0.15, 0.2) is 73.3 Å². The normalized spacial score (nSPS) is 13.4. The van der Waals surface area contributed by atoms with E-state index in [1.54, 1.807) is 11.8 Å². The Kier molecular flexibility index (Phi) is 5.82. The summed E-state index contributed by atoms with van der Waals surface area (Å²) in [5.41, 5.74) is 1.98.